The van der Waals surface area contributed by atoms with Crippen LogP contribution < -0.4 is 11.0 Å². The highest BCUT2D eigenvalue weighted by atomic mass is 16.3. The topological polar surface area (TPSA) is 95.1 Å². The molecule has 1 saturated carbocycles. The molecular weight excluding hydrogens is 270 g/mol. The zero-order valence-corrected chi connectivity index (χ0v) is 12.6. The van der Waals surface area contributed by atoms with Crippen molar-refractivity contribution in [2.75, 3.05) is 0 Å². The summed E-state index contributed by atoms with van der Waals surface area (Å²) in [6.45, 7) is 3.49. The minimum atomic E-state index is -0.465. The first-order valence-corrected chi connectivity index (χ1v) is 7.51. The lowest BCUT2D eigenvalue weighted by molar-refractivity contribution is -0.122. The normalized spacial score (nSPS) is 22.6. The standard InChI is InChI=1S/C15H23N3O3/c1-9-11(10(2)17-15(21)16-9)8-14(20)18-12-6-4-3-5-7-13(12)19/h12-13,19H,3-8H2,1-2H3,(H,18,20)(H,16,17,21). The fourth-order valence-corrected chi connectivity index (χ4v) is 2.89. The van der Waals surface area contributed by atoms with E-state index in [0.29, 0.717) is 11.4 Å². The predicted octanol–water partition coefficient (Wildman–Crippen LogP) is 0.739. The molecule has 2 atom stereocenters. The van der Waals surface area contributed by atoms with Gasteiger partial charge in [0, 0.05) is 17.0 Å². The number of carbonyl (C=O) groups is 1. The van der Waals surface area contributed by atoms with Crippen molar-refractivity contribution in [1.29, 1.82) is 0 Å². The number of hydrogen-bond acceptors (Lipinski definition) is 4. The van der Waals surface area contributed by atoms with E-state index in [4.69, 9.17) is 0 Å². The molecule has 0 radical (unpaired) electrons. The molecule has 2 rings (SSSR count). The SMILES string of the molecule is Cc1nc(=O)[nH]c(C)c1CC(=O)NC1CCCCCC1O. The number of nitrogens with zero attached hydrogens (tertiary/aromatic N) is 1. The number of carbonyl (C=O) groups excluding carboxylic acids is 1. The summed E-state index contributed by atoms with van der Waals surface area (Å²) in [6, 6.07) is -0.170. The summed E-state index contributed by atoms with van der Waals surface area (Å²) >= 11 is 0. The number of aliphatic hydroxyl groups is 1. The van der Waals surface area contributed by atoms with E-state index in [2.05, 4.69) is 15.3 Å². The number of amides is 1. The van der Waals surface area contributed by atoms with Gasteiger partial charge in [-0.05, 0) is 26.7 Å². The Labute approximate surface area is 124 Å². The Morgan fingerprint density at radius 3 is 2.76 bits per heavy atom. The van der Waals surface area contributed by atoms with Gasteiger partial charge in [-0.1, -0.05) is 19.3 Å². The summed E-state index contributed by atoms with van der Waals surface area (Å²) in [7, 11) is 0. The van der Waals surface area contributed by atoms with E-state index in [9.17, 15) is 14.7 Å². The van der Waals surface area contributed by atoms with E-state index in [1.54, 1.807) is 13.8 Å². The fourth-order valence-electron chi connectivity index (χ4n) is 2.89. The first-order valence-electron chi connectivity index (χ1n) is 7.51. The Morgan fingerprint density at radius 2 is 2.05 bits per heavy atom. The number of nitrogens with one attached hydrogen (secondary N) is 2. The maximum atomic E-state index is 12.2. The smallest absolute Gasteiger partial charge is 0.345 e. The summed E-state index contributed by atoms with van der Waals surface area (Å²) in [5, 5.41) is 13.0. The Morgan fingerprint density at radius 1 is 1.33 bits per heavy atom. The number of rotatable bonds is 3. The van der Waals surface area contributed by atoms with Crippen LogP contribution in [0.1, 0.15) is 49.1 Å². The van der Waals surface area contributed by atoms with Crippen LogP contribution in [0.2, 0.25) is 0 Å². The van der Waals surface area contributed by atoms with Gasteiger partial charge in [0.2, 0.25) is 5.91 Å². The predicted molar refractivity (Wildman–Crippen MR) is 79.1 cm³/mol. The number of hydrogen-bond donors (Lipinski definition) is 3. The van der Waals surface area contributed by atoms with Crippen LogP contribution in [0.25, 0.3) is 0 Å². The third-order valence-corrected chi connectivity index (χ3v) is 4.12. The zero-order chi connectivity index (χ0) is 15.4. The van der Waals surface area contributed by atoms with Crippen molar-refractivity contribution in [2.45, 2.75) is 64.5 Å². The summed E-state index contributed by atoms with van der Waals surface area (Å²) < 4.78 is 0. The molecule has 1 aliphatic carbocycles. The molecule has 0 aromatic carbocycles. The van der Waals surface area contributed by atoms with Gasteiger partial charge in [-0.25, -0.2) is 4.79 Å². The highest BCUT2D eigenvalue weighted by molar-refractivity contribution is 5.79. The van der Waals surface area contributed by atoms with Gasteiger partial charge in [-0.2, -0.15) is 4.98 Å². The Bertz CT molecular complexity index is 542. The van der Waals surface area contributed by atoms with Crippen molar-refractivity contribution in [3.63, 3.8) is 0 Å². The average Bonchev–Trinajstić information content (AvgIpc) is 2.59. The lowest BCUT2D eigenvalue weighted by Crippen LogP contribution is -2.43. The molecule has 1 aromatic heterocycles. The van der Waals surface area contributed by atoms with Gasteiger partial charge in [0.05, 0.1) is 18.6 Å². The Kier molecular flexibility index (Phi) is 5.12. The van der Waals surface area contributed by atoms with Gasteiger partial charge in [0.15, 0.2) is 0 Å². The highest BCUT2D eigenvalue weighted by Crippen LogP contribution is 2.18. The van der Waals surface area contributed by atoms with Crippen molar-refractivity contribution < 1.29 is 9.90 Å². The van der Waals surface area contributed by atoms with Crippen LogP contribution in [0.3, 0.4) is 0 Å². The van der Waals surface area contributed by atoms with E-state index >= 15 is 0 Å². The van der Waals surface area contributed by atoms with Crippen LogP contribution in [0.15, 0.2) is 4.79 Å². The summed E-state index contributed by atoms with van der Waals surface area (Å²) in [5.74, 6) is -0.138. The number of aromatic amines is 1. The zero-order valence-electron chi connectivity index (χ0n) is 12.6. The van der Waals surface area contributed by atoms with E-state index in [0.717, 1.165) is 37.7 Å². The quantitative estimate of drug-likeness (QED) is 0.716. The van der Waals surface area contributed by atoms with Crippen LogP contribution >= 0.6 is 0 Å². The summed E-state index contributed by atoms with van der Waals surface area (Å²) in [5.41, 5.74) is 1.60. The van der Waals surface area contributed by atoms with Crippen LogP contribution in [-0.4, -0.2) is 33.1 Å². The number of aryl methyl sites for hydroxylation is 2. The number of aliphatic hydroxyl groups excluding tert-OH is 1. The first-order chi connectivity index (χ1) is 9.97. The van der Waals surface area contributed by atoms with Crippen molar-refractivity contribution in [1.82, 2.24) is 15.3 Å². The van der Waals surface area contributed by atoms with Crippen LogP contribution in [0.5, 0.6) is 0 Å². The van der Waals surface area contributed by atoms with Crippen LogP contribution in [0, 0.1) is 13.8 Å². The Hall–Kier alpha value is -1.69. The van der Waals surface area contributed by atoms with E-state index in [1.165, 1.54) is 0 Å². The van der Waals surface area contributed by atoms with Crippen molar-refractivity contribution in [2.24, 2.45) is 0 Å². The molecule has 1 aliphatic rings. The molecule has 0 bridgehead atoms. The van der Waals surface area contributed by atoms with Gasteiger partial charge in [-0.15, -0.1) is 0 Å². The average molecular weight is 293 g/mol. The largest absolute Gasteiger partial charge is 0.391 e. The minimum absolute atomic E-state index is 0.138. The molecular formula is C15H23N3O3. The van der Waals surface area contributed by atoms with E-state index in [1.807, 2.05) is 0 Å². The van der Waals surface area contributed by atoms with Gasteiger partial charge >= 0.3 is 5.69 Å². The second-order valence-electron chi connectivity index (χ2n) is 5.79. The second-order valence-corrected chi connectivity index (χ2v) is 5.79. The van der Waals surface area contributed by atoms with Crippen LogP contribution in [-0.2, 0) is 11.2 Å². The summed E-state index contributed by atoms with van der Waals surface area (Å²) in [4.78, 5) is 29.9. The van der Waals surface area contributed by atoms with E-state index < -0.39 is 11.8 Å². The van der Waals surface area contributed by atoms with Crippen molar-refractivity contribution >= 4 is 5.91 Å². The highest BCUT2D eigenvalue weighted by Gasteiger charge is 2.23. The molecule has 0 spiro atoms. The molecule has 1 aromatic rings. The molecule has 1 amide bonds. The molecule has 1 fully saturated rings. The maximum absolute atomic E-state index is 12.2. The molecule has 3 N–H and O–H groups in total. The number of aromatic nitrogens is 2. The first kappa shape index (κ1) is 15.7. The fraction of sp³-hybridized carbons (Fsp3) is 0.667. The second kappa shape index (κ2) is 6.85. The molecule has 2 unspecified atom stereocenters. The van der Waals surface area contributed by atoms with Gasteiger partial charge in [0.25, 0.3) is 0 Å². The monoisotopic (exact) mass is 293 g/mol. The lowest BCUT2D eigenvalue weighted by Gasteiger charge is -2.22. The summed E-state index contributed by atoms with van der Waals surface area (Å²) in [6.07, 6.45) is 4.40. The Balaban J connectivity index is 2.03. The molecule has 0 saturated heterocycles. The molecule has 0 aliphatic heterocycles. The lowest BCUT2D eigenvalue weighted by atomic mass is 10.0. The molecule has 6 heteroatoms. The van der Waals surface area contributed by atoms with E-state index in [-0.39, 0.29) is 18.4 Å². The molecule has 116 valence electrons. The van der Waals surface area contributed by atoms with Gasteiger partial charge in [-0.3, -0.25) is 4.79 Å². The van der Waals surface area contributed by atoms with Gasteiger partial charge < -0.3 is 15.4 Å². The van der Waals surface area contributed by atoms with Crippen molar-refractivity contribution in [3.8, 4) is 0 Å². The number of H-pyrrole nitrogens is 1. The molecule has 6 nitrogen and oxygen atoms in total. The third kappa shape index (κ3) is 4.14. The maximum Gasteiger partial charge on any atom is 0.345 e. The van der Waals surface area contributed by atoms with Gasteiger partial charge in [0.1, 0.15) is 0 Å². The molecule has 21 heavy (non-hydrogen) atoms. The molecule has 1 heterocycles. The minimum Gasteiger partial charge on any atom is -0.391 e. The van der Waals surface area contributed by atoms with Crippen molar-refractivity contribution in [3.05, 3.63) is 27.4 Å². The van der Waals surface area contributed by atoms with Crippen LogP contribution in [0.4, 0.5) is 0 Å². The third-order valence-electron chi connectivity index (χ3n) is 4.12.